The van der Waals surface area contributed by atoms with Crippen LogP contribution in [0.3, 0.4) is 0 Å². The smallest absolute Gasteiger partial charge is 0.255 e. The molecule has 0 unspecified atom stereocenters. The fraction of sp³-hybridized carbons (Fsp3) is 0.360. The lowest BCUT2D eigenvalue weighted by molar-refractivity contribution is 0.0917. The normalized spacial score (nSPS) is 16.2. The van der Waals surface area contributed by atoms with Crippen LogP contribution in [-0.2, 0) is 0 Å². The average Bonchev–Trinajstić information content (AvgIpc) is 2.85. The highest BCUT2D eigenvalue weighted by atomic mass is 16.5. The topological polar surface area (TPSA) is 104 Å². The zero-order chi connectivity index (χ0) is 23.5. The van der Waals surface area contributed by atoms with E-state index >= 15 is 0 Å². The van der Waals surface area contributed by atoms with Crippen LogP contribution in [-0.4, -0.2) is 65.1 Å². The van der Waals surface area contributed by atoms with Gasteiger partial charge in [0.25, 0.3) is 5.91 Å². The Kier molecular flexibility index (Phi) is 6.27. The van der Waals surface area contributed by atoms with E-state index in [-0.39, 0.29) is 11.9 Å². The largest absolute Gasteiger partial charge is 0.486 e. The van der Waals surface area contributed by atoms with E-state index in [0.717, 1.165) is 43.0 Å². The summed E-state index contributed by atoms with van der Waals surface area (Å²) in [4.78, 5) is 29.0. The summed E-state index contributed by atoms with van der Waals surface area (Å²) in [6.07, 6.45) is 5.15. The lowest BCUT2D eigenvalue weighted by atomic mass is 10.0. The van der Waals surface area contributed by atoms with Crippen molar-refractivity contribution in [1.29, 1.82) is 0 Å². The Bertz CT molecular complexity index is 1190. The number of nitrogens with one attached hydrogen (secondary N) is 3. The molecule has 1 fully saturated rings. The summed E-state index contributed by atoms with van der Waals surface area (Å²) in [5, 5.41) is 9.89. The lowest BCUT2D eigenvalue weighted by Crippen LogP contribution is -2.43. The molecule has 1 amide bonds. The Morgan fingerprint density at radius 2 is 2.00 bits per heavy atom. The van der Waals surface area contributed by atoms with E-state index in [4.69, 9.17) is 9.72 Å². The standard InChI is InChI=1S/C25H29N7O2/c1-16-4-3-5-20(28-16)21-14-22(23-24(31-21)27-10-13-34-23)30-19-6-9-26-15-18(19)25(33)29-17-7-11-32(2)12-8-17/h3-6,9,14-15,17H,7-8,10-13H2,1-2H3,(H,29,33)(H2,26,27,30,31). The molecule has 9 nitrogen and oxygen atoms in total. The van der Waals surface area contributed by atoms with Crippen molar-refractivity contribution in [3.63, 3.8) is 0 Å². The molecule has 3 aromatic heterocycles. The van der Waals surface area contributed by atoms with Crippen LogP contribution in [0.2, 0.25) is 0 Å². The van der Waals surface area contributed by atoms with Gasteiger partial charge in [0.2, 0.25) is 0 Å². The average molecular weight is 460 g/mol. The number of nitrogens with zero attached hydrogens (tertiary/aromatic N) is 4. The molecule has 0 saturated carbocycles. The zero-order valence-corrected chi connectivity index (χ0v) is 19.5. The molecule has 2 aliphatic heterocycles. The third-order valence-corrected chi connectivity index (χ3v) is 6.15. The monoisotopic (exact) mass is 459 g/mol. The number of hydrogen-bond donors (Lipinski definition) is 3. The molecular weight excluding hydrogens is 430 g/mol. The van der Waals surface area contributed by atoms with Crippen molar-refractivity contribution in [3.8, 4) is 17.1 Å². The second-order valence-electron chi connectivity index (χ2n) is 8.77. The van der Waals surface area contributed by atoms with Crippen LogP contribution in [0, 0.1) is 6.92 Å². The Hall–Kier alpha value is -3.72. The Balaban J connectivity index is 1.45. The van der Waals surface area contributed by atoms with E-state index < -0.39 is 0 Å². The van der Waals surface area contributed by atoms with E-state index in [9.17, 15) is 4.79 Å². The van der Waals surface area contributed by atoms with Crippen molar-refractivity contribution < 1.29 is 9.53 Å². The summed E-state index contributed by atoms with van der Waals surface area (Å²) in [7, 11) is 2.11. The fourth-order valence-electron chi connectivity index (χ4n) is 4.28. The van der Waals surface area contributed by atoms with E-state index in [1.807, 2.05) is 31.2 Å². The van der Waals surface area contributed by atoms with Crippen LogP contribution in [0.15, 0.2) is 42.7 Å². The number of rotatable bonds is 5. The highest BCUT2D eigenvalue weighted by Crippen LogP contribution is 2.39. The minimum atomic E-state index is -0.132. The maximum Gasteiger partial charge on any atom is 0.255 e. The number of hydrogen-bond acceptors (Lipinski definition) is 8. The number of carbonyl (C=O) groups is 1. The van der Waals surface area contributed by atoms with Crippen LogP contribution in [0.25, 0.3) is 11.4 Å². The van der Waals surface area contributed by atoms with Gasteiger partial charge in [-0.1, -0.05) is 6.07 Å². The fourth-order valence-corrected chi connectivity index (χ4v) is 4.28. The minimum absolute atomic E-state index is 0.132. The zero-order valence-electron chi connectivity index (χ0n) is 19.5. The number of ether oxygens (including phenoxy) is 1. The maximum atomic E-state index is 13.1. The predicted molar refractivity (Wildman–Crippen MR) is 132 cm³/mol. The molecule has 176 valence electrons. The van der Waals surface area contributed by atoms with E-state index in [1.54, 1.807) is 18.5 Å². The second kappa shape index (κ2) is 9.64. The molecule has 2 aliphatic rings. The number of aryl methyl sites for hydroxylation is 1. The Morgan fingerprint density at radius 3 is 2.82 bits per heavy atom. The van der Waals surface area contributed by atoms with Gasteiger partial charge in [0, 0.05) is 24.1 Å². The minimum Gasteiger partial charge on any atom is -0.486 e. The highest BCUT2D eigenvalue weighted by molar-refractivity contribution is 6.00. The molecule has 1 saturated heterocycles. The highest BCUT2D eigenvalue weighted by Gasteiger charge is 2.23. The molecule has 5 rings (SSSR count). The van der Waals surface area contributed by atoms with Crippen molar-refractivity contribution in [3.05, 3.63) is 54.0 Å². The van der Waals surface area contributed by atoms with Gasteiger partial charge in [-0.25, -0.2) is 4.98 Å². The van der Waals surface area contributed by atoms with Crippen molar-refractivity contribution >= 4 is 23.1 Å². The summed E-state index contributed by atoms with van der Waals surface area (Å²) >= 11 is 0. The maximum absolute atomic E-state index is 13.1. The summed E-state index contributed by atoms with van der Waals surface area (Å²) in [5.74, 6) is 1.15. The SMILES string of the molecule is Cc1cccc(-c2cc(Nc3ccncc3C(=O)NC3CCN(C)CC3)c3c(n2)NCCO3)n1. The third kappa shape index (κ3) is 4.79. The summed E-state index contributed by atoms with van der Waals surface area (Å²) in [6.45, 7) is 5.11. The van der Waals surface area contributed by atoms with Gasteiger partial charge >= 0.3 is 0 Å². The molecule has 0 spiro atoms. The number of piperidine rings is 1. The van der Waals surface area contributed by atoms with Crippen LogP contribution in [0.5, 0.6) is 5.75 Å². The first kappa shape index (κ1) is 22.1. The number of likely N-dealkylation sites (tertiary alicyclic amines) is 1. The number of aromatic nitrogens is 3. The molecule has 0 bridgehead atoms. The van der Waals surface area contributed by atoms with Gasteiger partial charge < -0.3 is 25.6 Å². The molecule has 3 aromatic rings. The molecule has 0 radical (unpaired) electrons. The van der Waals surface area contributed by atoms with Gasteiger partial charge in [0.1, 0.15) is 6.61 Å². The van der Waals surface area contributed by atoms with E-state index in [0.29, 0.717) is 41.7 Å². The molecule has 0 aromatic carbocycles. The van der Waals surface area contributed by atoms with Gasteiger partial charge in [-0.3, -0.25) is 14.8 Å². The molecule has 0 atom stereocenters. The molecule has 0 aliphatic carbocycles. The summed E-state index contributed by atoms with van der Waals surface area (Å²) in [5.41, 5.74) is 4.27. The number of amides is 1. The first-order valence-electron chi connectivity index (χ1n) is 11.6. The van der Waals surface area contributed by atoms with Gasteiger partial charge in [-0.15, -0.1) is 0 Å². The number of pyridine rings is 3. The van der Waals surface area contributed by atoms with Gasteiger partial charge in [-0.2, -0.15) is 0 Å². The molecular formula is C25H29N7O2. The molecule has 3 N–H and O–H groups in total. The number of carbonyl (C=O) groups excluding carboxylic acids is 1. The summed E-state index contributed by atoms with van der Waals surface area (Å²) < 4.78 is 5.94. The molecule has 5 heterocycles. The van der Waals surface area contributed by atoms with Crippen LogP contribution >= 0.6 is 0 Å². The van der Waals surface area contributed by atoms with Crippen LogP contribution < -0.4 is 20.7 Å². The van der Waals surface area contributed by atoms with Crippen LogP contribution in [0.1, 0.15) is 28.9 Å². The summed E-state index contributed by atoms with van der Waals surface area (Å²) in [6, 6.07) is 9.72. The van der Waals surface area contributed by atoms with Gasteiger partial charge in [-0.05, 0) is 64.2 Å². The predicted octanol–water partition coefficient (Wildman–Crippen LogP) is 3.22. The first-order chi connectivity index (χ1) is 16.6. The van der Waals surface area contributed by atoms with E-state index in [1.165, 1.54) is 0 Å². The quantitative estimate of drug-likeness (QED) is 0.534. The van der Waals surface area contributed by atoms with E-state index in [2.05, 4.69) is 37.9 Å². The van der Waals surface area contributed by atoms with Crippen molar-refractivity contribution in [2.75, 3.05) is 43.9 Å². The van der Waals surface area contributed by atoms with Gasteiger partial charge in [0.15, 0.2) is 11.6 Å². The molecule has 9 heteroatoms. The molecule has 34 heavy (non-hydrogen) atoms. The van der Waals surface area contributed by atoms with Gasteiger partial charge in [0.05, 0.1) is 34.9 Å². The Labute approximate surface area is 199 Å². The van der Waals surface area contributed by atoms with Crippen LogP contribution in [0.4, 0.5) is 17.2 Å². The van der Waals surface area contributed by atoms with Crippen molar-refractivity contribution in [1.82, 2.24) is 25.2 Å². The third-order valence-electron chi connectivity index (χ3n) is 6.15. The Morgan fingerprint density at radius 1 is 1.15 bits per heavy atom. The second-order valence-corrected chi connectivity index (χ2v) is 8.77. The van der Waals surface area contributed by atoms with Crippen molar-refractivity contribution in [2.24, 2.45) is 0 Å². The number of anilines is 3. The number of fused-ring (bicyclic) bond motifs is 1. The lowest BCUT2D eigenvalue weighted by Gasteiger charge is -2.29. The van der Waals surface area contributed by atoms with Crippen molar-refractivity contribution in [2.45, 2.75) is 25.8 Å². The first-order valence-corrected chi connectivity index (χ1v) is 11.6.